The van der Waals surface area contributed by atoms with E-state index in [-0.39, 0.29) is 12.0 Å². The Morgan fingerprint density at radius 2 is 2.35 bits per heavy atom. The number of amides is 1. The van der Waals surface area contributed by atoms with Crippen LogP contribution in [0.2, 0.25) is 0 Å². The van der Waals surface area contributed by atoms with Gasteiger partial charge in [0.15, 0.2) is 5.82 Å². The van der Waals surface area contributed by atoms with Crippen LogP contribution in [-0.2, 0) is 11.3 Å². The van der Waals surface area contributed by atoms with E-state index in [2.05, 4.69) is 29.0 Å². The third-order valence-electron chi connectivity index (χ3n) is 3.86. The molecule has 0 saturated carbocycles. The van der Waals surface area contributed by atoms with Crippen molar-refractivity contribution < 1.29 is 9.53 Å². The first-order valence-corrected chi connectivity index (χ1v) is 8.72. The lowest BCUT2D eigenvalue weighted by Gasteiger charge is -2.32. The molecule has 1 fully saturated rings. The van der Waals surface area contributed by atoms with Gasteiger partial charge in [0.1, 0.15) is 18.1 Å². The molecule has 3 heterocycles. The number of thiazole rings is 1. The highest BCUT2D eigenvalue weighted by Crippen LogP contribution is 2.24. The van der Waals surface area contributed by atoms with Gasteiger partial charge >= 0.3 is 0 Å². The highest BCUT2D eigenvalue weighted by molar-refractivity contribution is 7.09. The minimum atomic E-state index is -0.238. The van der Waals surface area contributed by atoms with Crippen LogP contribution in [0.25, 0.3) is 0 Å². The van der Waals surface area contributed by atoms with Crippen molar-refractivity contribution in [1.29, 1.82) is 0 Å². The second kappa shape index (κ2) is 6.76. The largest absolute Gasteiger partial charge is 0.366 e. The zero-order valence-electron chi connectivity index (χ0n) is 13.6. The van der Waals surface area contributed by atoms with Crippen molar-refractivity contribution in [3.8, 4) is 0 Å². The quantitative estimate of drug-likeness (QED) is 0.855. The fourth-order valence-corrected chi connectivity index (χ4v) is 3.37. The van der Waals surface area contributed by atoms with E-state index in [1.807, 2.05) is 16.9 Å². The van der Waals surface area contributed by atoms with E-state index in [0.717, 1.165) is 17.4 Å². The first-order chi connectivity index (χ1) is 11.1. The molecule has 1 aliphatic heterocycles. The number of ether oxygens (including phenoxy) is 1. The Morgan fingerprint density at radius 3 is 3.04 bits per heavy atom. The Labute approximate surface area is 139 Å². The predicted octanol–water partition coefficient (Wildman–Crippen LogP) is 2.09. The maximum atomic E-state index is 12.7. The molecule has 2 aromatic rings. The molecule has 1 atom stereocenters. The summed E-state index contributed by atoms with van der Waals surface area (Å²) in [6.45, 7) is 8.51. The normalized spacial score (nSPS) is 18.6. The van der Waals surface area contributed by atoms with E-state index in [0.29, 0.717) is 31.3 Å². The smallest absolute Gasteiger partial charge is 0.273 e. The van der Waals surface area contributed by atoms with Crippen molar-refractivity contribution in [2.24, 2.45) is 0 Å². The van der Waals surface area contributed by atoms with E-state index in [1.165, 1.54) is 11.3 Å². The topological polar surface area (TPSA) is 73.1 Å². The van der Waals surface area contributed by atoms with Gasteiger partial charge in [0.05, 0.1) is 18.2 Å². The molecule has 3 rings (SSSR count). The second-order valence-corrected chi connectivity index (χ2v) is 6.70. The Kier molecular flexibility index (Phi) is 4.72. The first kappa shape index (κ1) is 16.1. The predicted molar refractivity (Wildman–Crippen MR) is 86.5 cm³/mol. The van der Waals surface area contributed by atoms with Gasteiger partial charge in [-0.05, 0) is 6.92 Å². The summed E-state index contributed by atoms with van der Waals surface area (Å²) in [6.07, 6.45) is 1.45. The summed E-state index contributed by atoms with van der Waals surface area (Å²) in [5, 5.41) is 10.9. The average molecular weight is 335 g/mol. The third-order valence-corrected chi connectivity index (χ3v) is 5.01. The van der Waals surface area contributed by atoms with Gasteiger partial charge in [-0.2, -0.15) is 0 Å². The number of aryl methyl sites for hydroxylation is 1. The van der Waals surface area contributed by atoms with Crippen molar-refractivity contribution in [3.63, 3.8) is 0 Å². The summed E-state index contributed by atoms with van der Waals surface area (Å²) in [6, 6.07) is 0. The van der Waals surface area contributed by atoms with Crippen LogP contribution in [0.5, 0.6) is 0 Å². The molecule has 0 aromatic carbocycles. The summed E-state index contributed by atoms with van der Waals surface area (Å²) in [4.78, 5) is 18.9. The molecule has 1 saturated heterocycles. The fraction of sp³-hybridized carbons (Fsp3) is 0.600. The number of carbonyl (C=O) groups is 1. The SMILES string of the molecule is CCn1cnnc1[C@@H]1CN(C(=O)c2csc(C(C)C)n2)CCO1. The van der Waals surface area contributed by atoms with Crippen molar-refractivity contribution in [3.05, 3.63) is 28.2 Å². The molecule has 0 aliphatic carbocycles. The molecular formula is C15H21N5O2S. The Hall–Kier alpha value is -1.80. The summed E-state index contributed by atoms with van der Waals surface area (Å²) in [7, 11) is 0. The van der Waals surface area contributed by atoms with Gasteiger partial charge in [0.2, 0.25) is 0 Å². The molecule has 8 heteroatoms. The van der Waals surface area contributed by atoms with Gasteiger partial charge in [-0.1, -0.05) is 13.8 Å². The van der Waals surface area contributed by atoms with Crippen molar-refractivity contribution >= 4 is 17.2 Å². The Bertz CT molecular complexity index is 681. The van der Waals surface area contributed by atoms with Crippen LogP contribution in [-0.4, -0.2) is 50.3 Å². The summed E-state index contributed by atoms with van der Waals surface area (Å²) in [5.74, 6) is 1.07. The maximum absolute atomic E-state index is 12.7. The Morgan fingerprint density at radius 1 is 1.52 bits per heavy atom. The molecule has 2 aromatic heterocycles. The fourth-order valence-electron chi connectivity index (χ4n) is 2.56. The number of rotatable bonds is 4. The molecule has 0 bridgehead atoms. The zero-order valence-corrected chi connectivity index (χ0v) is 14.4. The standard InChI is InChI=1S/C15H21N5O2S/c1-4-19-9-16-18-13(19)12-7-20(5-6-22-12)15(21)11-8-23-14(17-11)10(2)3/h8-10,12H,4-7H2,1-3H3/t12-/m0/s1. The lowest BCUT2D eigenvalue weighted by atomic mass is 10.2. The van der Waals surface area contributed by atoms with E-state index < -0.39 is 0 Å². The van der Waals surface area contributed by atoms with Crippen LogP contribution >= 0.6 is 11.3 Å². The molecule has 0 unspecified atom stereocenters. The van der Waals surface area contributed by atoms with Crippen molar-refractivity contribution in [1.82, 2.24) is 24.6 Å². The molecule has 124 valence electrons. The van der Waals surface area contributed by atoms with Gasteiger partial charge in [-0.15, -0.1) is 21.5 Å². The molecule has 1 amide bonds. The van der Waals surface area contributed by atoms with Gasteiger partial charge in [0.25, 0.3) is 5.91 Å². The minimum Gasteiger partial charge on any atom is -0.366 e. The number of hydrogen-bond donors (Lipinski definition) is 0. The number of nitrogens with zero attached hydrogens (tertiary/aromatic N) is 5. The van der Waals surface area contributed by atoms with Crippen molar-refractivity contribution in [2.75, 3.05) is 19.7 Å². The van der Waals surface area contributed by atoms with Crippen LogP contribution in [0.15, 0.2) is 11.7 Å². The van der Waals surface area contributed by atoms with Crippen LogP contribution < -0.4 is 0 Å². The van der Waals surface area contributed by atoms with E-state index in [9.17, 15) is 4.79 Å². The van der Waals surface area contributed by atoms with Crippen LogP contribution in [0, 0.1) is 0 Å². The highest BCUT2D eigenvalue weighted by Gasteiger charge is 2.30. The summed E-state index contributed by atoms with van der Waals surface area (Å²) in [5.41, 5.74) is 0.524. The number of morpholine rings is 1. The van der Waals surface area contributed by atoms with E-state index >= 15 is 0 Å². The van der Waals surface area contributed by atoms with Crippen LogP contribution in [0.3, 0.4) is 0 Å². The van der Waals surface area contributed by atoms with Gasteiger partial charge in [-0.25, -0.2) is 4.98 Å². The minimum absolute atomic E-state index is 0.0380. The zero-order chi connectivity index (χ0) is 16.4. The van der Waals surface area contributed by atoms with E-state index in [4.69, 9.17) is 4.74 Å². The van der Waals surface area contributed by atoms with E-state index in [1.54, 1.807) is 11.2 Å². The number of carbonyl (C=O) groups excluding carboxylic acids is 1. The lowest BCUT2D eigenvalue weighted by Crippen LogP contribution is -2.43. The Balaban J connectivity index is 1.74. The average Bonchev–Trinajstić information content (AvgIpc) is 3.23. The second-order valence-electron chi connectivity index (χ2n) is 5.81. The van der Waals surface area contributed by atoms with Crippen LogP contribution in [0.4, 0.5) is 0 Å². The molecule has 0 spiro atoms. The monoisotopic (exact) mass is 335 g/mol. The molecule has 7 nitrogen and oxygen atoms in total. The van der Waals surface area contributed by atoms with Crippen LogP contribution in [0.1, 0.15) is 54.1 Å². The molecule has 1 aliphatic rings. The summed E-state index contributed by atoms with van der Waals surface area (Å²) >= 11 is 1.54. The number of hydrogen-bond acceptors (Lipinski definition) is 6. The van der Waals surface area contributed by atoms with Gasteiger partial charge in [-0.3, -0.25) is 4.79 Å². The molecule has 23 heavy (non-hydrogen) atoms. The lowest BCUT2D eigenvalue weighted by molar-refractivity contribution is -0.0285. The van der Waals surface area contributed by atoms with Gasteiger partial charge in [0, 0.05) is 24.4 Å². The summed E-state index contributed by atoms with van der Waals surface area (Å²) < 4.78 is 7.73. The third kappa shape index (κ3) is 3.28. The maximum Gasteiger partial charge on any atom is 0.273 e. The number of aromatic nitrogens is 4. The van der Waals surface area contributed by atoms with Gasteiger partial charge < -0.3 is 14.2 Å². The van der Waals surface area contributed by atoms with Crippen molar-refractivity contribution in [2.45, 2.75) is 39.3 Å². The molecule has 0 radical (unpaired) electrons. The molecular weight excluding hydrogens is 314 g/mol. The first-order valence-electron chi connectivity index (χ1n) is 7.84. The molecule has 0 N–H and O–H groups in total. The highest BCUT2D eigenvalue weighted by atomic mass is 32.1.